The number of rotatable bonds is 3. The second-order valence-electron chi connectivity index (χ2n) is 5.70. The highest BCUT2D eigenvalue weighted by atomic mass is 32.2. The molecular formula is C20H13N3O4S. The zero-order valence-corrected chi connectivity index (χ0v) is 15.5. The van der Waals surface area contributed by atoms with Crippen LogP contribution in [0.4, 0.5) is 0 Å². The Labute approximate surface area is 162 Å². The summed E-state index contributed by atoms with van der Waals surface area (Å²) in [7, 11) is 1.54. The summed E-state index contributed by atoms with van der Waals surface area (Å²) in [5.41, 5.74) is -0.0200. The fraction of sp³-hybridized carbons (Fsp3) is 0.0500. The van der Waals surface area contributed by atoms with Crippen LogP contribution in [0.25, 0.3) is 26.7 Å². The minimum absolute atomic E-state index is 0.0560. The lowest BCUT2D eigenvalue weighted by molar-refractivity contribution is 0.489. The van der Waals surface area contributed by atoms with E-state index in [1.54, 1.807) is 48.5 Å². The van der Waals surface area contributed by atoms with Gasteiger partial charge in [-0.2, -0.15) is 0 Å². The lowest BCUT2D eigenvalue weighted by Crippen LogP contribution is -2.09. The molecule has 0 radical (unpaired) electrons. The average Bonchev–Trinajstić information content (AvgIpc) is 2.71. The molecule has 0 aliphatic carbocycles. The third-order valence-electron chi connectivity index (χ3n) is 3.92. The van der Waals surface area contributed by atoms with Crippen molar-refractivity contribution in [1.29, 1.82) is 0 Å². The first-order chi connectivity index (χ1) is 13.6. The zero-order valence-electron chi connectivity index (χ0n) is 14.7. The van der Waals surface area contributed by atoms with E-state index in [-0.39, 0.29) is 11.8 Å². The summed E-state index contributed by atoms with van der Waals surface area (Å²) in [6.07, 6.45) is 0. The van der Waals surface area contributed by atoms with E-state index in [4.69, 9.17) is 8.83 Å². The topological polar surface area (TPSA) is 98.6 Å². The lowest BCUT2D eigenvalue weighted by atomic mass is 10.2. The summed E-state index contributed by atoms with van der Waals surface area (Å²) in [4.78, 5) is 37.5. The Kier molecular flexibility index (Phi) is 4.62. The molecule has 0 aliphatic rings. The second-order valence-corrected chi connectivity index (χ2v) is 6.78. The first kappa shape index (κ1) is 17.9. The highest BCUT2D eigenvalue weighted by molar-refractivity contribution is 8.22. The summed E-state index contributed by atoms with van der Waals surface area (Å²) in [6, 6.07) is 13.7. The van der Waals surface area contributed by atoms with Crippen LogP contribution in [0.5, 0.6) is 0 Å². The minimum Gasteiger partial charge on any atom is -0.403 e. The predicted molar refractivity (Wildman–Crippen MR) is 110 cm³/mol. The maximum Gasteiger partial charge on any atom is 0.347 e. The number of aromatic nitrogens is 2. The van der Waals surface area contributed by atoms with Gasteiger partial charge in [0.15, 0.2) is 5.04 Å². The Morgan fingerprint density at radius 2 is 1.39 bits per heavy atom. The van der Waals surface area contributed by atoms with Gasteiger partial charge >= 0.3 is 11.3 Å². The number of hydrogen-bond donors (Lipinski definition) is 0. The number of para-hydroxylation sites is 2. The van der Waals surface area contributed by atoms with Gasteiger partial charge in [0.1, 0.15) is 0 Å². The van der Waals surface area contributed by atoms with Crippen LogP contribution >= 0.6 is 11.8 Å². The van der Waals surface area contributed by atoms with E-state index in [1.165, 1.54) is 7.05 Å². The van der Waals surface area contributed by atoms with Gasteiger partial charge in [-0.05, 0) is 24.3 Å². The summed E-state index contributed by atoms with van der Waals surface area (Å²) >= 11 is 1.05. The molecule has 28 heavy (non-hydrogen) atoms. The molecule has 0 fully saturated rings. The predicted octanol–water partition coefficient (Wildman–Crippen LogP) is 3.47. The largest absolute Gasteiger partial charge is 0.403 e. The molecule has 8 heteroatoms. The quantitative estimate of drug-likeness (QED) is 0.389. The maximum atomic E-state index is 12.2. The van der Waals surface area contributed by atoms with Crippen LogP contribution in [0.2, 0.25) is 0 Å². The molecule has 0 saturated carbocycles. The van der Waals surface area contributed by atoms with Crippen molar-refractivity contribution in [1.82, 2.24) is 9.97 Å². The molecule has 0 aliphatic heterocycles. The fourth-order valence-electron chi connectivity index (χ4n) is 2.59. The summed E-state index contributed by atoms with van der Waals surface area (Å²) in [5, 5.41) is 1.08. The van der Waals surface area contributed by atoms with E-state index in [0.717, 1.165) is 11.8 Å². The molecule has 2 heterocycles. The van der Waals surface area contributed by atoms with Crippen molar-refractivity contribution in [2.75, 3.05) is 7.05 Å². The Bertz CT molecular complexity index is 1370. The van der Waals surface area contributed by atoms with Gasteiger partial charge in [-0.15, -0.1) is 0 Å². The molecular weight excluding hydrogens is 378 g/mol. The van der Waals surface area contributed by atoms with Crippen molar-refractivity contribution >= 4 is 43.5 Å². The molecule has 0 N–H and O–H groups in total. The van der Waals surface area contributed by atoms with Gasteiger partial charge in [0.05, 0.1) is 26.7 Å². The molecule has 0 unspecified atom stereocenters. The van der Waals surface area contributed by atoms with Crippen molar-refractivity contribution < 1.29 is 8.83 Å². The van der Waals surface area contributed by atoms with Gasteiger partial charge in [-0.3, -0.25) is 4.99 Å². The Hall–Kier alpha value is -3.52. The van der Waals surface area contributed by atoms with E-state index < -0.39 is 11.3 Å². The maximum absolute atomic E-state index is 12.2. The monoisotopic (exact) mass is 391 g/mol. The van der Waals surface area contributed by atoms with E-state index in [2.05, 4.69) is 21.5 Å². The van der Waals surface area contributed by atoms with Gasteiger partial charge in [0.2, 0.25) is 5.89 Å². The SMILES string of the molecule is C=C(SC(=NC)c1nc2ccccc2c(=O)o1)c1nc2ccccc2c(=O)o1. The molecule has 138 valence electrons. The van der Waals surface area contributed by atoms with Crippen molar-refractivity contribution in [3.63, 3.8) is 0 Å². The van der Waals surface area contributed by atoms with Crippen molar-refractivity contribution in [3.8, 4) is 0 Å². The van der Waals surface area contributed by atoms with E-state index in [0.29, 0.717) is 31.8 Å². The molecule has 2 aromatic heterocycles. The van der Waals surface area contributed by atoms with E-state index >= 15 is 0 Å². The highest BCUT2D eigenvalue weighted by Crippen LogP contribution is 2.28. The van der Waals surface area contributed by atoms with Gasteiger partial charge in [0, 0.05) is 7.05 Å². The van der Waals surface area contributed by atoms with E-state index in [1.807, 2.05) is 0 Å². The highest BCUT2D eigenvalue weighted by Gasteiger charge is 2.17. The lowest BCUT2D eigenvalue weighted by Gasteiger charge is -2.06. The van der Waals surface area contributed by atoms with Crippen molar-refractivity contribution in [3.05, 3.63) is 87.7 Å². The summed E-state index contributed by atoms with van der Waals surface area (Å²) in [6.45, 7) is 3.91. The fourth-order valence-corrected chi connectivity index (χ4v) is 3.27. The Morgan fingerprint density at radius 1 is 0.893 bits per heavy atom. The molecule has 0 saturated heterocycles. The Balaban J connectivity index is 1.70. The van der Waals surface area contributed by atoms with Crippen LogP contribution < -0.4 is 11.3 Å². The molecule has 2 aromatic carbocycles. The van der Waals surface area contributed by atoms with Crippen LogP contribution in [0.3, 0.4) is 0 Å². The first-order valence-electron chi connectivity index (χ1n) is 8.21. The molecule has 0 bridgehead atoms. The van der Waals surface area contributed by atoms with E-state index in [9.17, 15) is 9.59 Å². The molecule has 0 spiro atoms. The minimum atomic E-state index is -0.511. The third kappa shape index (κ3) is 3.25. The summed E-state index contributed by atoms with van der Waals surface area (Å²) in [5.74, 6) is 0.124. The number of fused-ring (bicyclic) bond motifs is 2. The zero-order chi connectivity index (χ0) is 19.7. The smallest absolute Gasteiger partial charge is 0.347 e. The van der Waals surface area contributed by atoms with Gasteiger partial charge in [-0.25, -0.2) is 19.6 Å². The molecule has 4 aromatic rings. The summed E-state index contributed by atoms with van der Waals surface area (Å²) < 4.78 is 10.6. The van der Waals surface area contributed by atoms with Crippen LogP contribution in [-0.2, 0) is 0 Å². The van der Waals surface area contributed by atoms with Gasteiger partial charge < -0.3 is 8.83 Å². The number of hydrogen-bond acceptors (Lipinski definition) is 8. The Morgan fingerprint density at radius 3 is 1.96 bits per heavy atom. The number of aliphatic imine (C=N–C) groups is 1. The van der Waals surface area contributed by atoms with Gasteiger partial charge in [-0.1, -0.05) is 42.6 Å². The van der Waals surface area contributed by atoms with Crippen LogP contribution in [0.15, 0.2) is 78.5 Å². The standard InChI is InChI=1S/C20H13N3O4S/c1-11(16-22-14-9-5-3-7-12(14)19(24)26-16)28-18(21-2)17-23-15-10-6-4-8-13(15)20(25)27-17/h3-10H,1H2,2H3. The number of nitrogens with zero attached hydrogens (tertiary/aromatic N) is 3. The average molecular weight is 391 g/mol. The van der Waals surface area contributed by atoms with Crippen molar-refractivity contribution in [2.24, 2.45) is 4.99 Å². The van der Waals surface area contributed by atoms with Crippen LogP contribution in [0, 0.1) is 0 Å². The number of thioether (sulfide) groups is 1. The molecule has 4 rings (SSSR count). The number of benzene rings is 2. The third-order valence-corrected chi connectivity index (χ3v) is 4.89. The molecule has 0 amide bonds. The molecule has 0 atom stereocenters. The second kappa shape index (κ2) is 7.24. The first-order valence-corrected chi connectivity index (χ1v) is 9.02. The van der Waals surface area contributed by atoms with Crippen molar-refractivity contribution in [2.45, 2.75) is 0 Å². The molecule has 7 nitrogen and oxygen atoms in total. The van der Waals surface area contributed by atoms with Gasteiger partial charge in [0.25, 0.3) is 5.89 Å². The van der Waals surface area contributed by atoms with Crippen LogP contribution in [0.1, 0.15) is 11.8 Å². The van der Waals surface area contributed by atoms with Crippen LogP contribution in [-0.4, -0.2) is 22.1 Å². The normalized spacial score (nSPS) is 11.8.